The van der Waals surface area contributed by atoms with Crippen molar-refractivity contribution in [1.29, 1.82) is 0 Å². The van der Waals surface area contributed by atoms with Crippen LogP contribution in [-0.2, 0) is 0 Å². The molecule has 74 valence electrons. The quantitative estimate of drug-likeness (QED) is 0.754. The van der Waals surface area contributed by atoms with Gasteiger partial charge in [-0.05, 0) is 42.5 Å². The molecule has 15 heavy (non-hydrogen) atoms. The summed E-state index contributed by atoms with van der Waals surface area (Å²) in [5.41, 5.74) is 0. The molecule has 0 saturated heterocycles. The van der Waals surface area contributed by atoms with Gasteiger partial charge in [-0.25, -0.2) is 0 Å². The molecule has 2 nitrogen and oxygen atoms in total. The third-order valence-corrected chi connectivity index (χ3v) is 1.92. The summed E-state index contributed by atoms with van der Waals surface area (Å²) in [4.78, 5) is 0. The highest BCUT2D eigenvalue weighted by atomic mass is 16.5. The monoisotopic (exact) mass is 198 g/mol. The Hall–Kier alpha value is -1.96. The van der Waals surface area contributed by atoms with Crippen LogP contribution in [0.3, 0.4) is 0 Å². The molecule has 0 heterocycles. The Morgan fingerprint density at radius 2 is 1.73 bits per heavy atom. The first kappa shape index (κ1) is 9.59. The number of methoxy groups -OCH3 is 1. The molecule has 0 unspecified atom stereocenters. The van der Waals surface area contributed by atoms with Gasteiger partial charge in [0.25, 0.3) is 0 Å². The van der Waals surface area contributed by atoms with Gasteiger partial charge < -0.3 is 9.47 Å². The van der Waals surface area contributed by atoms with Crippen molar-refractivity contribution < 1.29 is 9.47 Å². The standard InChI is InChI=1S/C13H10O2/c1-14-11-7-9-13(10-8-11)15-12-5-3-2-4-6-12/h3-5,7-10H,1H3. The molecule has 0 aliphatic carbocycles. The Kier molecular flexibility index (Phi) is 2.88. The molecule has 2 heteroatoms. The number of hydrogen-bond acceptors (Lipinski definition) is 2. The maximum atomic E-state index is 5.55. The molecule has 2 radical (unpaired) electrons. The largest absolute Gasteiger partial charge is 0.497 e. The lowest BCUT2D eigenvalue weighted by Gasteiger charge is -2.05. The van der Waals surface area contributed by atoms with Crippen molar-refractivity contribution in [2.75, 3.05) is 7.11 Å². The van der Waals surface area contributed by atoms with Crippen LogP contribution in [0.4, 0.5) is 0 Å². The van der Waals surface area contributed by atoms with Gasteiger partial charge >= 0.3 is 0 Å². The van der Waals surface area contributed by atoms with E-state index in [0.29, 0.717) is 5.75 Å². The predicted molar refractivity (Wildman–Crippen MR) is 57.2 cm³/mol. The molecule has 0 saturated carbocycles. The Morgan fingerprint density at radius 1 is 1.00 bits per heavy atom. The number of rotatable bonds is 3. The van der Waals surface area contributed by atoms with E-state index in [0.717, 1.165) is 11.5 Å². The fourth-order valence-electron chi connectivity index (χ4n) is 1.17. The molecule has 0 atom stereocenters. The van der Waals surface area contributed by atoms with Crippen LogP contribution < -0.4 is 9.47 Å². The summed E-state index contributed by atoms with van der Waals surface area (Å²) in [7, 11) is 1.64. The topological polar surface area (TPSA) is 18.5 Å². The number of ether oxygens (including phenoxy) is 2. The highest BCUT2D eigenvalue weighted by Crippen LogP contribution is 2.22. The van der Waals surface area contributed by atoms with Gasteiger partial charge in [-0.3, -0.25) is 0 Å². The van der Waals surface area contributed by atoms with Gasteiger partial charge in [0.2, 0.25) is 0 Å². The van der Waals surface area contributed by atoms with Gasteiger partial charge in [-0.1, -0.05) is 6.07 Å². The molecule has 0 N–H and O–H groups in total. The molecule has 0 amide bonds. The van der Waals surface area contributed by atoms with Crippen molar-refractivity contribution in [3.05, 3.63) is 54.6 Å². The molecule has 0 spiro atoms. The fraction of sp³-hybridized carbons (Fsp3) is 0.0769. The zero-order valence-corrected chi connectivity index (χ0v) is 8.36. The lowest BCUT2D eigenvalue weighted by atomic mass is 10.3. The Morgan fingerprint density at radius 3 is 2.33 bits per heavy atom. The van der Waals surface area contributed by atoms with Crippen molar-refractivity contribution in [2.24, 2.45) is 0 Å². The van der Waals surface area contributed by atoms with Gasteiger partial charge in [0.15, 0.2) is 0 Å². The molecule has 2 rings (SSSR count). The minimum atomic E-state index is 0.680. The lowest BCUT2D eigenvalue weighted by molar-refractivity contribution is 0.413. The van der Waals surface area contributed by atoms with Crippen LogP contribution in [0.1, 0.15) is 0 Å². The van der Waals surface area contributed by atoms with E-state index >= 15 is 0 Å². The second-order valence-electron chi connectivity index (χ2n) is 2.93. The van der Waals surface area contributed by atoms with Crippen LogP contribution in [0.25, 0.3) is 0 Å². The highest BCUT2D eigenvalue weighted by molar-refractivity contribution is 5.34. The summed E-state index contributed by atoms with van der Waals surface area (Å²) >= 11 is 0. The van der Waals surface area contributed by atoms with E-state index in [2.05, 4.69) is 12.1 Å². The summed E-state index contributed by atoms with van der Waals surface area (Å²) in [5.74, 6) is 2.25. The Bertz CT molecular complexity index is 406. The van der Waals surface area contributed by atoms with E-state index in [4.69, 9.17) is 9.47 Å². The SMILES string of the molecule is COc1ccc(Oc2[c]c[c]cc2)cc1. The van der Waals surface area contributed by atoms with E-state index in [-0.39, 0.29) is 0 Å². The average molecular weight is 198 g/mol. The first-order valence-corrected chi connectivity index (χ1v) is 4.58. The Labute approximate surface area is 89.1 Å². The minimum absolute atomic E-state index is 0.680. The van der Waals surface area contributed by atoms with E-state index in [1.165, 1.54) is 0 Å². The van der Waals surface area contributed by atoms with Crippen molar-refractivity contribution >= 4 is 0 Å². The van der Waals surface area contributed by atoms with Crippen LogP contribution in [0.5, 0.6) is 17.2 Å². The molecule has 0 bridgehead atoms. The van der Waals surface area contributed by atoms with Crippen molar-refractivity contribution in [1.82, 2.24) is 0 Å². The lowest BCUT2D eigenvalue weighted by Crippen LogP contribution is -1.85. The summed E-state index contributed by atoms with van der Waals surface area (Å²) < 4.78 is 10.6. The Balaban J connectivity index is 2.11. The van der Waals surface area contributed by atoms with Crippen LogP contribution in [-0.4, -0.2) is 7.11 Å². The van der Waals surface area contributed by atoms with Crippen LogP contribution in [0.15, 0.2) is 42.5 Å². The second kappa shape index (κ2) is 4.51. The molecule has 2 aromatic rings. The van der Waals surface area contributed by atoms with Gasteiger partial charge in [0.05, 0.1) is 7.11 Å². The number of benzene rings is 2. The van der Waals surface area contributed by atoms with Crippen LogP contribution in [0.2, 0.25) is 0 Å². The van der Waals surface area contributed by atoms with E-state index < -0.39 is 0 Å². The predicted octanol–water partition coefficient (Wildman–Crippen LogP) is 3.09. The highest BCUT2D eigenvalue weighted by Gasteiger charge is 1.96. The first-order valence-electron chi connectivity index (χ1n) is 4.58. The van der Waals surface area contributed by atoms with Crippen molar-refractivity contribution in [3.8, 4) is 17.2 Å². The van der Waals surface area contributed by atoms with E-state index in [1.54, 1.807) is 19.2 Å². The normalized spacial score (nSPS) is 9.67. The first-order chi connectivity index (χ1) is 7.38. The third kappa shape index (κ3) is 2.50. The molecule has 0 aliphatic heterocycles. The third-order valence-electron chi connectivity index (χ3n) is 1.92. The van der Waals surface area contributed by atoms with Crippen LogP contribution in [0, 0.1) is 12.1 Å². The summed E-state index contributed by atoms with van der Waals surface area (Å²) in [6.07, 6.45) is 0. The van der Waals surface area contributed by atoms with Gasteiger partial charge in [0.1, 0.15) is 17.2 Å². The van der Waals surface area contributed by atoms with Crippen molar-refractivity contribution in [2.45, 2.75) is 0 Å². The van der Waals surface area contributed by atoms with Crippen LogP contribution >= 0.6 is 0 Å². The molecule has 2 aromatic carbocycles. The number of hydrogen-bond donors (Lipinski definition) is 0. The molecular weight excluding hydrogens is 188 g/mol. The summed E-state index contributed by atoms with van der Waals surface area (Å²) in [6, 6.07) is 18.5. The van der Waals surface area contributed by atoms with Crippen molar-refractivity contribution in [3.63, 3.8) is 0 Å². The molecule has 0 aliphatic rings. The summed E-state index contributed by atoms with van der Waals surface area (Å²) in [6.45, 7) is 0. The van der Waals surface area contributed by atoms with Gasteiger partial charge in [0, 0.05) is 6.07 Å². The van der Waals surface area contributed by atoms with E-state index in [1.807, 2.05) is 30.3 Å². The molecule has 0 fully saturated rings. The second-order valence-corrected chi connectivity index (χ2v) is 2.93. The average Bonchev–Trinajstić information content (AvgIpc) is 2.31. The maximum absolute atomic E-state index is 5.55. The van der Waals surface area contributed by atoms with Gasteiger partial charge in [-0.2, -0.15) is 0 Å². The maximum Gasteiger partial charge on any atom is 0.135 e. The minimum Gasteiger partial charge on any atom is -0.497 e. The van der Waals surface area contributed by atoms with E-state index in [9.17, 15) is 0 Å². The summed E-state index contributed by atoms with van der Waals surface area (Å²) in [5, 5.41) is 0. The smallest absolute Gasteiger partial charge is 0.135 e. The molecule has 0 aromatic heterocycles. The van der Waals surface area contributed by atoms with Gasteiger partial charge in [-0.15, -0.1) is 0 Å². The molecular formula is C13H10O2. The zero-order chi connectivity index (χ0) is 10.5. The fourth-order valence-corrected chi connectivity index (χ4v) is 1.17. The zero-order valence-electron chi connectivity index (χ0n) is 8.36.